The molecular formula is C19H22ClN5. The maximum Gasteiger partial charge on any atom is 0.175 e. The number of nitrogens with zero attached hydrogens (tertiary/aromatic N) is 5. The highest BCUT2D eigenvalue weighted by Gasteiger charge is 2.25. The standard InChI is InChI=1S/C19H22ClN5/c1-13-6-7-15(16(20)12-13)18-21-8-11-25(18)17-14(2)23(3)22-19(17)24-9-4-5-10-24/h6-8,11-12H,4-5,9-10H2,1-3H3. The summed E-state index contributed by atoms with van der Waals surface area (Å²) in [5.74, 6) is 1.88. The van der Waals surface area contributed by atoms with Gasteiger partial charge in [0.2, 0.25) is 0 Å². The highest BCUT2D eigenvalue weighted by atomic mass is 35.5. The average molecular weight is 356 g/mol. The van der Waals surface area contributed by atoms with Crippen LogP contribution in [0.3, 0.4) is 0 Å². The van der Waals surface area contributed by atoms with Crippen LogP contribution in [-0.2, 0) is 7.05 Å². The van der Waals surface area contributed by atoms with Gasteiger partial charge in [-0.15, -0.1) is 0 Å². The van der Waals surface area contributed by atoms with Crippen molar-refractivity contribution in [2.45, 2.75) is 26.7 Å². The van der Waals surface area contributed by atoms with Gasteiger partial charge in [-0.2, -0.15) is 5.10 Å². The Morgan fingerprint density at radius 2 is 1.88 bits per heavy atom. The zero-order valence-corrected chi connectivity index (χ0v) is 15.6. The van der Waals surface area contributed by atoms with E-state index < -0.39 is 0 Å². The van der Waals surface area contributed by atoms with Gasteiger partial charge in [-0.1, -0.05) is 17.7 Å². The van der Waals surface area contributed by atoms with Crippen LogP contribution in [0.1, 0.15) is 24.1 Å². The Kier molecular flexibility index (Phi) is 4.04. The van der Waals surface area contributed by atoms with Gasteiger partial charge in [-0.25, -0.2) is 4.98 Å². The Balaban J connectivity index is 1.88. The molecule has 3 heterocycles. The summed E-state index contributed by atoms with van der Waals surface area (Å²) in [6.07, 6.45) is 6.26. The molecule has 0 radical (unpaired) electrons. The molecule has 6 heteroatoms. The number of rotatable bonds is 3. The van der Waals surface area contributed by atoms with Crippen molar-refractivity contribution >= 4 is 17.4 Å². The molecule has 0 amide bonds. The van der Waals surface area contributed by atoms with E-state index in [1.165, 1.54) is 12.8 Å². The summed E-state index contributed by atoms with van der Waals surface area (Å²) < 4.78 is 4.07. The molecule has 1 aromatic carbocycles. The monoisotopic (exact) mass is 355 g/mol. The van der Waals surface area contributed by atoms with Gasteiger partial charge < -0.3 is 4.90 Å². The lowest BCUT2D eigenvalue weighted by Gasteiger charge is -2.18. The topological polar surface area (TPSA) is 38.9 Å². The summed E-state index contributed by atoms with van der Waals surface area (Å²) in [7, 11) is 1.99. The minimum absolute atomic E-state index is 0.719. The van der Waals surface area contributed by atoms with E-state index in [1.54, 1.807) is 0 Å². The Labute approximate surface area is 152 Å². The maximum atomic E-state index is 6.51. The molecule has 1 aliphatic heterocycles. The highest BCUT2D eigenvalue weighted by molar-refractivity contribution is 6.33. The van der Waals surface area contributed by atoms with Crippen molar-refractivity contribution in [2.75, 3.05) is 18.0 Å². The second-order valence-corrected chi connectivity index (χ2v) is 7.09. The lowest BCUT2D eigenvalue weighted by molar-refractivity contribution is 0.730. The first-order valence-corrected chi connectivity index (χ1v) is 9.03. The summed E-state index contributed by atoms with van der Waals surface area (Å²) in [6, 6.07) is 6.09. The summed E-state index contributed by atoms with van der Waals surface area (Å²) >= 11 is 6.51. The van der Waals surface area contributed by atoms with Crippen molar-refractivity contribution in [3.8, 4) is 17.1 Å². The van der Waals surface area contributed by atoms with Crippen LogP contribution in [0.25, 0.3) is 17.1 Å². The Morgan fingerprint density at radius 3 is 2.60 bits per heavy atom. The summed E-state index contributed by atoms with van der Waals surface area (Å²) in [5, 5.41) is 5.50. The number of hydrogen-bond donors (Lipinski definition) is 0. The number of imidazole rings is 1. The minimum Gasteiger partial charge on any atom is -0.353 e. The molecule has 130 valence electrons. The predicted octanol–water partition coefficient (Wildman–Crippen LogP) is 4.14. The smallest absolute Gasteiger partial charge is 0.175 e. The van der Waals surface area contributed by atoms with Gasteiger partial charge in [0.25, 0.3) is 0 Å². The molecule has 0 saturated carbocycles. The van der Waals surface area contributed by atoms with Crippen molar-refractivity contribution in [3.05, 3.63) is 46.9 Å². The molecule has 1 fully saturated rings. The van der Waals surface area contributed by atoms with Gasteiger partial charge in [0.05, 0.1) is 10.7 Å². The van der Waals surface area contributed by atoms with Crippen LogP contribution in [0.15, 0.2) is 30.6 Å². The van der Waals surface area contributed by atoms with Crippen molar-refractivity contribution < 1.29 is 0 Å². The van der Waals surface area contributed by atoms with Crippen LogP contribution in [0, 0.1) is 13.8 Å². The third kappa shape index (κ3) is 2.72. The van der Waals surface area contributed by atoms with E-state index in [0.717, 1.165) is 52.3 Å². The predicted molar refractivity (Wildman–Crippen MR) is 102 cm³/mol. The third-order valence-corrected chi connectivity index (χ3v) is 5.25. The van der Waals surface area contributed by atoms with Gasteiger partial charge in [0, 0.05) is 38.1 Å². The average Bonchev–Trinajstić information content (AvgIpc) is 3.29. The second kappa shape index (κ2) is 6.23. The molecule has 2 aromatic heterocycles. The molecule has 3 aromatic rings. The van der Waals surface area contributed by atoms with Crippen molar-refractivity contribution in [1.29, 1.82) is 0 Å². The van der Waals surface area contributed by atoms with E-state index in [9.17, 15) is 0 Å². The normalized spacial score (nSPS) is 14.5. The highest BCUT2D eigenvalue weighted by Crippen LogP contribution is 2.34. The molecule has 0 bridgehead atoms. The van der Waals surface area contributed by atoms with Crippen LogP contribution >= 0.6 is 11.6 Å². The summed E-state index contributed by atoms with van der Waals surface area (Å²) in [6.45, 7) is 6.25. The third-order valence-electron chi connectivity index (χ3n) is 4.94. The minimum atomic E-state index is 0.719. The van der Waals surface area contributed by atoms with Crippen LogP contribution < -0.4 is 4.90 Å². The van der Waals surface area contributed by atoms with Crippen molar-refractivity contribution in [1.82, 2.24) is 19.3 Å². The number of halogens is 1. The molecule has 0 spiro atoms. The van der Waals surface area contributed by atoms with Crippen LogP contribution in [0.4, 0.5) is 5.82 Å². The van der Waals surface area contributed by atoms with Gasteiger partial charge in [-0.3, -0.25) is 9.25 Å². The number of anilines is 1. The molecule has 0 aliphatic carbocycles. The maximum absolute atomic E-state index is 6.51. The number of benzene rings is 1. The lowest BCUT2D eigenvalue weighted by atomic mass is 10.1. The molecule has 5 nitrogen and oxygen atoms in total. The van der Waals surface area contributed by atoms with Crippen molar-refractivity contribution in [3.63, 3.8) is 0 Å². The van der Waals surface area contributed by atoms with E-state index in [0.29, 0.717) is 0 Å². The van der Waals surface area contributed by atoms with E-state index in [-0.39, 0.29) is 0 Å². The Bertz CT molecular complexity index is 918. The SMILES string of the molecule is Cc1ccc(-c2nccn2-c2c(N3CCCC3)nn(C)c2C)c(Cl)c1. The molecule has 1 aliphatic rings. The van der Waals surface area contributed by atoms with Crippen LogP contribution in [0.2, 0.25) is 5.02 Å². The fourth-order valence-electron chi connectivity index (χ4n) is 3.49. The first-order valence-electron chi connectivity index (χ1n) is 8.65. The van der Waals surface area contributed by atoms with E-state index in [2.05, 4.69) is 27.4 Å². The fraction of sp³-hybridized carbons (Fsp3) is 0.368. The Hall–Kier alpha value is -2.27. The fourth-order valence-corrected chi connectivity index (χ4v) is 3.81. The van der Waals surface area contributed by atoms with Gasteiger partial charge >= 0.3 is 0 Å². The first-order chi connectivity index (χ1) is 12.1. The van der Waals surface area contributed by atoms with Crippen LogP contribution in [0.5, 0.6) is 0 Å². The van der Waals surface area contributed by atoms with Gasteiger partial charge in [0.1, 0.15) is 11.5 Å². The molecular weight excluding hydrogens is 334 g/mol. The van der Waals surface area contributed by atoms with Crippen molar-refractivity contribution in [2.24, 2.45) is 7.05 Å². The van der Waals surface area contributed by atoms with E-state index in [4.69, 9.17) is 16.7 Å². The van der Waals surface area contributed by atoms with Gasteiger partial charge in [-0.05, 0) is 44.4 Å². The second-order valence-electron chi connectivity index (χ2n) is 6.68. The largest absolute Gasteiger partial charge is 0.353 e. The van der Waals surface area contributed by atoms with E-state index >= 15 is 0 Å². The lowest BCUT2D eigenvalue weighted by Crippen LogP contribution is -2.20. The number of aryl methyl sites for hydroxylation is 2. The molecule has 0 atom stereocenters. The summed E-state index contributed by atoms with van der Waals surface area (Å²) in [5.41, 5.74) is 4.29. The molecule has 1 saturated heterocycles. The first kappa shape index (κ1) is 16.2. The zero-order valence-electron chi connectivity index (χ0n) is 14.8. The zero-order chi connectivity index (χ0) is 17.6. The number of aromatic nitrogens is 4. The quantitative estimate of drug-likeness (QED) is 0.708. The molecule has 25 heavy (non-hydrogen) atoms. The Morgan fingerprint density at radius 1 is 1.12 bits per heavy atom. The number of hydrogen-bond acceptors (Lipinski definition) is 3. The van der Waals surface area contributed by atoms with E-state index in [1.807, 2.05) is 43.2 Å². The molecule has 0 N–H and O–H groups in total. The summed E-state index contributed by atoms with van der Waals surface area (Å²) in [4.78, 5) is 6.96. The van der Waals surface area contributed by atoms with Crippen LogP contribution in [-0.4, -0.2) is 32.4 Å². The molecule has 0 unspecified atom stereocenters. The molecule has 4 rings (SSSR count). The van der Waals surface area contributed by atoms with Gasteiger partial charge in [0.15, 0.2) is 5.82 Å².